The topological polar surface area (TPSA) is 83.2 Å². The third-order valence-electron chi connectivity index (χ3n) is 4.40. The van der Waals surface area contributed by atoms with Crippen LogP contribution in [-0.2, 0) is 6.54 Å². The Balaban J connectivity index is 1.87. The summed E-state index contributed by atoms with van der Waals surface area (Å²) in [5, 5.41) is 8.09. The van der Waals surface area contributed by atoms with E-state index in [-0.39, 0.29) is 5.49 Å². The summed E-state index contributed by atoms with van der Waals surface area (Å²) in [5.41, 5.74) is 5.87. The number of fused-ring (bicyclic) bond motifs is 1. The van der Waals surface area contributed by atoms with Crippen LogP contribution in [0, 0.1) is 19.3 Å². The molecule has 0 aliphatic rings. The average molecular weight is 330 g/mol. The Bertz CT molecular complexity index is 1090. The van der Waals surface area contributed by atoms with Gasteiger partial charge in [0.15, 0.2) is 11.1 Å². The van der Waals surface area contributed by atoms with Gasteiger partial charge in [-0.2, -0.15) is 0 Å². The highest BCUT2D eigenvalue weighted by molar-refractivity contribution is 5.75. The van der Waals surface area contributed by atoms with Crippen molar-refractivity contribution in [2.24, 2.45) is 0 Å². The van der Waals surface area contributed by atoms with Crippen molar-refractivity contribution in [3.63, 3.8) is 0 Å². The highest BCUT2D eigenvalue weighted by atomic mass is 15.1. The number of imidazole rings is 1. The van der Waals surface area contributed by atoms with Gasteiger partial charge in [0.1, 0.15) is 11.3 Å². The molecule has 0 aliphatic carbocycles. The molecule has 3 aromatic heterocycles. The van der Waals surface area contributed by atoms with Crippen LogP contribution in [0.2, 0.25) is 0 Å². The summed E-state index contributed by atoms with van der Waals surface area (Å²) >= 11 is 0. The Morgan fingerprint density at radius 1 is 1.08 bits per heavy atom. The predicted molar refractivity (Wildman–Crippen MR) is 96.0 cm³/mol. The lowest BCUT2D eigenvalue weighted by Crippen LogP contribution is -2.14. The van der Waals surface area contributed by atoms with E-state index < -0.39 is 0 Å². The van der Waals surface area contributed by atoms with Crippen molar-refractivity contribution >= 4 is 11.2 Å². The molecule has 124 valence electrons. The monoisotopic (exact) mass is 330 g/mol. The van der Waals surface area contributed by atoms with Crippen molar-refractivity contribution in [1.82, 2.24) is 24.5 Å². The predicted octanol–water partition coefficient (Wildman–Crippen LogP) is 2.97. The molecule has 0 unspecified atom stereocenters. The Kier molecular flexibility index (Phi) is 3.65. The maximum Gasteiger partial charge on any atom is 0.173 e. The number of rotatable bonds is 3. The van der Waals surface area contributed by atoms with Crippen LogP contribution < -0.4 is 5.49 Å². The Morgan fingerprint density at radius 2 is 1.88 bits per heavy atom. The minimum atomic E-state index is 0.195. The van der Waals surface area contributed by atoms with Crippen LogP contribution in [0.15, 0.2) is 48.9 Å². The van der Waals surface area contributed by atoms with E-state index in [0.717, 1.165) is 28.3 Å². The largest absolute Gasteiger partial charge is 0.334 e. The number of H-pyrrole nitrogens is 1. The van der Waals surface area contributed by atoms with Gasteiger partial charge < -0.3 is 9.55 Å². The van der Waals surface area contributed by atoms with Crippen molar-refractivity contribution in [3.05, 3.63) is 71.2 Å². The molecule has 2 N–H and O–H groups in total. The van der Waals surface area contributed by atoms with Gasteiger partial charge in [-0.3, -0.25) is 10.4 Å². The van der Waals surface area contributed by atoms with E-state index in [9.17, 15) is 0 Å². The van der Waals surface area contributed by atoms with E-state index in [0.29, 0.717) is 12.1 Å². The summed E-state index contributed by atoms with van der Waals surface area (Å²) in [6.07, 6.45) is 3.49. The van der Waals surface area contributed by atoms with E-state index in [1.54, 1.807) is 6.33 Å². The maximum absolute atomic E-state index is 8.09. The normalized spacial score (nSPS) is 11.1. The van der Waals surface area contributed by atoms with Crippen molar-refractivity contribution < 1.29 is 0 Å². The molecule has 0 saturated heterocycles. The molecule has 0 bridgehead atoms. The van der Waals surface area contributed by atoms with Gasteiger partial charge in [-0.05, 0) is 31.0 Å². The second kappa shape index (κ2) is 5.98. The lowest BCUT2D eigenvalue weighted by atomic mass is 10.1. The first-order chi connectivity index (χ1) is 12.1. The van der Waals surface area contributed by atoms with Gasteiger partial charge in [-0.25, -0.2) is 9.97 Å². The molecular weight excluding hydrogens is 312 g/mol. The molecule has 3 heterocycles. The van der Waals surface area contributed by atoms with Crippen LogP contribution in [0.1, 0.15) is 16.8 Å². The Hall–Kier alpha value is -3.28. The summed E-state index contributed by atoms with van der Waals surface area (Å²) in [6, 6.07) is 11.9. The standard InChI is InChI=1S/C19H18N6/c1-12-8-9-21-13(2)15(12)10-25-11-22-17(20)16-19(25)24-18(23-16)14-6-4-3-5-7-14/h3-9,11,20H,10H2,1-2H3,(H,23,24). The van der Waals surface area contributed by atoms with Crippen LogP contribution in [0.25, 0.3) is 22.6 Å². The number of hydrogen-bond acceptors (Lipinski definition) is 4. The zero-order valence-electron chi connectivity index (χ0n) is 14.1. The van der Waals surface area contributed by atoms with Crippen LogP contribution in [0.3, 0.4) is 0 Å². The fourth-order valence-corrected chi connectivity index (χ4v) is 2.97. The maximum atomic E-state index is 8.09. The van der Waals surface area contributed by atoms with Gasteiger partial charge in [0.2, 0.25) is 0 Å². The molecule has 0 atom stereocenters. The number of hydrogen-bond donors (Lipinski definition) is 2. The van der Waals surface area contributed by atoms with Gasteiger partial charge in [0.25, 0.3) is 0 Å². The molecule has 0 radical (unpaired) electrons. The first-order valence-corrected chi connectivity index (χ1v) is 8.10. The molecule has 6 nitrogen and oxygen atoms in total. The highest BCUT2D eigenvalue weighted by Crippen LogP contribution is 2.19. The van der Waals surface area contributed by atoms with Gasteiger partial charge >= 0.3 is 0 Å². The number of aryl methyl sites for hydroxylation is 2. The molecule has 4 rings (SSSR count). The lowest BCUT2D eigenvalue weighted by Gasteiger charge is -2.11. The van der Waals surface area contributed by atoms with Crippen LogP contribution >= 0.6 is 0 Å². The Morgan fingerprint density at radius 3 is 2.64 bits per heavy atom. The molecule has 0 fully saturated rings. The minimum absolute atomic E-state index is 0.195. The van der Waals surface area contributed by atoms with Crippen molar-refractivity contribution in [1.29, 1.82) is 5.41 Å². The third kappa shape index (κ3) is 2.71. The molecule has 0 amide bonds. The van der Waals surface area contributed by atoms with Crippen LogP contribution in [-0.4, -0.2) is 24.5 Å². The summed E-state index contributed by atoms with van der Waals surface area (Å²) < 4.78 is 1.97. The quantitative estimate of drug-likeness (QED) is 0.606. The molecule has 4 aromatic rings. The van der Waals surface area contributed by atoms with E-state index >= 15 is 0 Å². The van der Waals surface area contributed by atoms with Gasteiger partial charge in [-0.1, -0.05) is 30.3 Å². The SMILES string of the molecule is Cc1ccnc(C)c1Cn1cnc(=N)c2[nH]c(-c3ccccc3)nc21. The first-order valence-electron chi connectivity index (χ1n) is 8.10. The fraction of sp³-hybridized carbons (Fsp3) is 0.158. The van der Waals surface area contributed by atoms with Crippen molar-refractivity contribution in [2.45, 2.75) is 20.4 Å². The molecular formula is C19H18N6. The average Bonchev–Trinajstić information content (AvgIpc) is 3.07. The Labute approximate surface area is 144 Å². The summed E-state index contributed by atoms with van der Waals surface area (Å²) in [7, 11) is 0. The second-order valence-corrected chi connectivity index (χ2v) is 6.06. The zero-order valence-corrected chi connectivity index (χ0v) is 14.1. The molecule has 1 aromatic carbocycles. The van der Waals surface area contributed by atoms with E-state index in [2.05, 4.69) is 21.9 Å². The van der Waals surface area contributed by atoms with Gasteiger partial charge in [0, 0.05) is 17.5 Å². The minimum Gasteiger partial charge on any atom is -0.334 e. The van der Waals surface area contributed by atoms with E-state index in [1.807, 2.05) is 54.1 Å². The van der Waals surface area contributed by atoms with E-state index in [4.69, 9.17) is 10.4 Å². The number of benzene rings is 1. The number of nitrogens with one attached hydrogen (secondary N) is 2. The molecule has 0 saturated carbocycles. The molecule has 6 heteroatoms. The van der Waals surface area contributed by atoms with Crippen LogP contribution in [0.5, 0.6) is 0 Å². The summed E-state index contributed by atoms with van der Waals surface area (Å²) in [4.78, 5) is 16.6. The number of aromatic nitrogens is 5. The van der Waals surface area contributed by atoms with Crippen LogP contribution in [0.4, 0.5) is 0 Å². The molecule has 0 aliphatic heterocycles. The zero-order chi connectivity index (χ0) is 17.4. The number of aromatic amines is 1. The second-order valence-electron chi connectivity index (χ2n) is 6.06. The van der Waals surface area contributed by atoms with Crippen molar-refractivity contribution in [3.8, 4) is 11.4 Å². The number of pyridine rings is 1. The summed E-state index contributed by atoms with van der Waals surface area (Å²) in [6.45, 7) is 4.70. The number of nitrogens with zero attached hydrogens (tertiary/aromatic N) is 4. The smallest absolute Gasteiger partial charge is 0.173 e. The van der Waals surface area contributed by atoms with E-state index in [1.165, 1.54) is 5.56 Å². The lowest BCUT2D eigenvalue weighted by molar-refractivity contribution is 0.769. The van der Waals surface area contributed by atoms with Crippen molar-refractivity contribution in [2.75, 3.05) is 0 Å². The molecule has 25 heavy (non-hydrogen) atoms. The van der Waals surface area contributed by atoms with Gasteiger partial charge in [0.05, 0.1) is 12.9 Å². The van der Waals surface area contributed by atoms with Gasteiger partial charge in [-0.15, -0.1) is 0 Å². The molecule has 0 spiro atoms. The first kappa shape index (κ1) is 15.3. The fourth-order valence-electron chi connectivity index (χ4n) is 2.97. The highest BCUT2D eigenvalue weighted by Gasteiger charge is 2.12. The third-order valence-corrected chi connectivity index (χ3v) is 4.40. The summed E-state index contributed by atoms with van der Waals surface area (Å²) in [5.74, 6) is 0.741.